The predicted molar refractivity (Wildman–Crippen MR) is 101 cm³/mol. The highest BCUT2D eigenvalue weighted by Gasteiger charge is 2.53. The topological polar surface area (TPSA) is 89.4 Å². The number of hydrogen-bond donors (Lipinski definition) is 3. The molecule has 5 unspecified atom stereocenters. The third-order valence-electron chi connectivity index (χ3n) is 4.56. The van der Waals surface area contributed by atoms with Crippen molar-refractivity contribution in [1.29, 1.82) is 0 Å². The van der Waals surface area contributed by atoms with Crippen molar-refractivity contribution in [3.8, 4) is 0 Å². The second kappa shape index (κ2) is 9.29. The maximum absolute atomic E-state index is 10.3. The van der Waals surface area contributed by atoms with E-state index in [1.807, 2.05) is 58.5 Å². The van der Waals surface area contributed by atoms with Crippen LogP contribution in [-0.2, 0) is 25.1 Å². The van der Waals surface area contributed by atoms with Gasteiger partial charge in [-0.1, -0.05) is 30.3 Å². The lowest BCUT2D eigenvalue weighted by Crippen LogP contribution is -2.60. The summed E-state index contributed by atoms with van der Waals surface area (Å²) in [7, 11) is 1.16. The van der Waals surface area contributed by atoms with Crippen molar-refractivity contribution >= 4 is 30.4 Å². The number of fused-ring (bicyclic) bond motifs is 1. The van der Waals surface area contributed by atoms with E-state index in [0.717, 1.165) is 14.8 Å². The average Bonchev–Trinajstić information content (AvgIpc) is 3.06. The van der Waals surface area contributed by atoms with Gasteiger partial charge in [-0.25, -0.2) is 0 Å². The summed E-state index contributed by atoms with van der Waals surface area (Å²) in [5.41, 5.74) is 3.97. The highest BCUT2D eigenvalue weighted by molar-refractivity contribution is 14.2. The lowest BCUT2D eigenvalue weighted by atomic mass is 9.91. The van der Waals surface area contributed by atoms with Gasteiger partial charge in [0.15, 0.2) is 0 Å². The van der Waals surface area contributed by atoms with Crippen LogP contribution in [0.15, 0.2) is 30.3 Å². The summed E-state index contributed by atoms with van der Waals surface area (Å²) in [5, 5.41) is 20.5. The van der Waals surface area contributed by atoms with Crippen molar-refractivity contribution in [3.05, 3.63) is 35.9 Å². The third kappa shape index (κ3) is 4.66. The summed E-state index contributed by atoms with van der Waals surface area (Å²) in [6.07, 6.45) is -4.02. The van der Waals surface area contributed by atoms with Gasteiger partial charge in [-0.05, 0) is 12.5 Å². The van der Waals surface area contributed by atoms with Crippen molar-refractivity contribution in [2.75, 3.05) is 6.61 Å². The summed E-state index contributed by atoms with van der Waals surface area (Å²) in [4.78, 5) is 5.47. The van der Waals surface area contributed by atoms with Gasteiger partial charge in [-0.15, -0.1) is 0 Å². The molecule has 2 fully saturated rings. The number of ether oxygens (including phenoxy) is 2. The van der Waals surface area contributed by atoms with Gasteiger partial charge in [-0.3, -0.25) is 4.84 Å². The number of aliphatic hydroxyl groups excluding tert-OH is 2. The second-order valence-electron chi connectivity index (χ2n) is 6.20. The number of rotatable bonds is 7. The molecule has 2 heterocycles. The number of aliphatic hydroxyl groups is 2. The molecule has 3 rings (SSSR count). The monoisotopic (exact) mass is 483 g/mol. The lowest BCUT2D eigenvalue weighted by molar-refractivity contribution is -0.219. The second-order valence-corrected chi connectivity index (χ2v) is 7.64. The Hall–Kier alpha value is 0.0200. The van der Waals surface area contributed by atoms with Crippen LogP contribution in [0.25, 0.3) is 0 Å². The van der Waals surface area contributed by atoms with E-state index in [1.165, 1.54) is 0 Å². The van der Waals surface area contributed by atoms with Crippen molar-refractivity contribution < 1.29 is 28.7 Å². The van der Waals surface area contributed by atoms with Crippen LogP contribution in [0.3, 0.4) is 0 Å². The number of hydroxylamine groups is 1. The van der Waals surface area contributed by atoms with Crippen molar-refractivity contribution in [3.63, 3.8) is 0 Å². The van der Waals surface area contributed by atoms with Gasteiger partial charge >= 0.3 is 0 Å². The zero-order chi connectivity index (χ0) is 17.8. The number of benzene rings is 1. The van der Waals surface area contributed by atoms with Crippen molar-refractivity contribution in [2.45, 2.75) is 56.2 Å². The number of halogens is 1. The summed E-state index contributed by atoms with van der Waals surface area (Å²) >= 11 is 2.00. The molecule has 0 aliphatic carbocycles. The van der Waals surface area contributed by atoms with Gasteiger partial charge in [0.1, 0.15) is 30.5 Å². The maximum atomic E-state index is 10.3. The maximum Gasteiger partial charge on any atom is 0.135 e. The molecule has 0 aromatic heterocycles. The summed E-state index contributed by atoms with van der Waals surface area (Å²) < 4.78 is 17.2. The Bertz CT molecular complexity index is 541. The molecule has 0 amide bonds. The van der Waals surface area contributed by atoms with Crippen molar-refractivity contribution in [1.82, 2.24) is 5.48 Å². The number of hydrogen-bond acceptors (Lipinski definition) is 8. The fourth-order valence-corrected chi connectivity index (χ4v) is 3.74. The van der Waals surface area contributed by atoms with E-state index in [4.69, 9.17) is 18.5 Å². The standard InChI is InChI=1S/C16H22INO6S/c1-9(21-7-10-5-3-2-4-6-10)12-15-16(24-18-12)14(20)13(19)11(23-15)8-22-25-17/h2-6,9,11-16,18-20H,7-8H2,1H3/t9-,11?,12-,13?,14?,15?,16?/m1/s1. The molecule has 3 N–H and O–H groups in total. The van der Waals surface area contributed by atoms with Crippen LogP contribution in [0.5, 0.6) is 0 Å². The highest BCUT2D eigenvalue weighted by atomic mass is 127. The van der Waals surface area contributed by atoms with E-state index in [0.29, 0.717) is 6.61 Å². The first-order valence-corrected chi connectivity index (χ1v) is 11.4. The minimum atomic E-state index is -1.06. The van der Waals surface area contributed by atoms with Gasteiger partial charge in [0.25, 0.3) is 0 Å². The van der Waals surface area contributed by atoms with E-state index in [2.05, 4.69) is 5.48 Å². The molecule has 7 nitrogen and oxygen atoms in total. The summed E-state index contributed by atoms with van der Waals surface area (Å²) in [6.45, 7) is 2.58. The van der Waals surface area contributed by atoms with Crippen molar-refractivity contribution in [2.24, 2.45) is 0 Å². The van der Waals surface area contributed by atoms with Gasteiger partial charge in [-0.2, -0.15) is 5.48 Å². The van der Waals surface area contributed by atoms with Gasteiger partial charge < -0.3 is 23.9 Å². The molecule has 1 aromatic rings. The smallest absolute Gasteiger partial charge is 0.135 e. The molecule has 2 saturated heterocycles. The zero-order valence-electron chi connectivity index (χ0n) is 13.7. The molecule has 0 bridgehead atoms. The molecule has 0 spiro atoms. The van der Waals surface area contributed by atoms with Crippen LogP contribution in [0.4, 0.5) is 0 Å². The molecular weight excluding hydrogens is 461 g/mol. The van der Waals surface area contributed by atoms with Crippen LogP contribution in [0, 0.1) is 0 Å². The molecule has 2 aliphatic heterocycles. The van der Waals surface area contributed by atoms with Crippen LogP contribution in [0.2, 0.25) is 0 Å². The normalized spacial score (nSPS) is 36.2. The Morgan fingerprint density at radius 1 is 1.24 bits per heavy atom. The molecule has 7 atom stereocenters. The Kier molecular flexibility index (Phi) is 7.35. The molecule has 0 radical (unpaired) electrons. The molecule has 140 valence electrons. The quantitative estimate of drug-likeness (QED) is 0.396. The molecule has 1 aromatic carbocycles. The van der Waals surface area contributed by atoms with E-state index >= 15 is 0 Å². The van der Waals surface area contributed by atoms with Crippen LogP contribution in [-0.4, -0.2) is 59.5 Å². The lowest BCUT2D eigenvalue weighted by Gasteiger charge is -2.40. The first-order valence-electron chi connectivity index (χ1n) is 8.10. The Morgan fingerprint density at radius 2 is 2.00 bits per heavy atom. The zero-order valence-corrected chi connectivity index (χ0v) is 16.6. The minimum Gasteiger partial charge on any atom is -0.387 e. The van der Waals surface area contributed by atoms with E-state index < -0.39 is 30.5 Å². The highest BCUT2D eigenvalue weighted by Crippen LogP contribution is 2.31. The molecule has 0 saturated carbocycles. The fourth-order valence-electron chi connectivity index (χ4n) is 3.12. The van der Waals surface area contributed by atoms with E-state index in [-0.39, 0.29) is 18.8 Å². The molecular formula is C16H22INO6S. The minimum absolute atomic E-state index is 0.182. The first-order chi connectivity index (χ1) is 12.1. The van der Waals surface area contributed by atoms with Crippen LogP contribution >= 0.6 is 30.4 Å². The molecule has 2 aliphatic rings. The Morgan fingerprint density at radius 3 is 2.72 bits per heavy atom. The fraction of sp³-hybridized carbons (Fsp3) is 0.625. The van der Waals surface area contributed by atoms with Gasteiger partial charge in [0, 0.05) is 21.2 Å². The summed E-state index contributed by atoms with van der Waals surface area (Å²) in [6, 6.07) is 9.64. The Labute approximate surface area is 163 Å². The SMILES string of the molecule is C[C@@H](OCc1ccccc1)[C@H]1NOC2C(O)C(O)C(COSI)OC21. The van der Waals surface area contributed by atoms with Crippen LogP contribution in [0.1, 0.15) is 12.5 Å². The molecule has 25 heavy (non-hydrogen) atoms. The largest absolute Gasteiger partial charge is 0.387 e. The van der Waals surface area contributed by atoms with Crippen LogP contribution < -0.4 is 5.48 Å². The van der Waals surface area contributed by atoms with Gasteiger partial charge in [0.05, 0.1) is 34.6 Å². The van der Waals surface area contributed by atoms with E-state index in [1.54, 1.807) is 0 Å². The first kappa shape index (κ1) is 19.8. The van der Waals surface area contributed by atoms with Gasteiger partial charge in [0.2, 0.25) is 0 Å². The number of nitrogens with one attached hydrogen (secondary N) is 1. The molecule has 9 heteroatoms. The summed E-state index contributed by atoms with van der Waals surface area (Å²) in [5.74, 6) is 0. The van der Waals surface area contributed by atoms with E-state index in [9.17, 15) is 10.2 Å². The predicted octanol–water partition coefficient (Wildman–Crippen LogP) is 1.37. The Balaban J connectivity index is 1.60. The third-order valence-corrected chi connectivity index (χ3v) is 5.54. The average molecular weight is 483 g/mol.